The highest BCUT2D eigenvalue weighted by Gasteiger charge is 2.20. The number of rotatable bonds is 3. The molecule has 0 saturated heterocycles. The number of esters is 1. The Bertz CT molecular complexity index is 1100. The van der Waals surface area contributed by atoms with Gasteiger partial charge in [-0.1, -0.05) is 6.07 Å². The van der Waals surface area contributed by atoms with E-state index in [1.165, 1.54) is 28.9 Å². The second-order valence-corrected chi connectivity index (χ2v) is 8.36. The molecule has 1 N–H and O–H groups in total. The van der Waals surface area contributed by atoms with Crippen LogP contribution in [0.2, 0.25) is 0 Å². The molecule has 0 saturated carbocycles. The van der Waals surface area contributed by atoms with Gasteiger partial charge in [-0.2, -0.15) is 0 Å². The van der Waals surface area contributed by atoms with E-state index in [0.717, 1.165) is 29.7 Å². The van der Waals surface area contributed by atoms with E-state index in [1.54, 1.807) is 6.92 Å². The van der Waals surface area contributed by atoms with E-state index in [0.29, 0.717) is 21.6 Å². The first kappa shape index (κ1) is 17.9. The summed E-state index contributed by atoms with van der Waals surface area (Å²) in [6.45, 7) is 5.62. The Kier molecular flexibility index (Phi) is 4.60. The molecule has 2 heterocycles. The highest BCUT2D eigenvalue weighted by Crippen LogP contribution is 2.27. The minimum Gasteiger partial charge on any atom is -0.451 e. The number of carbonyl (C=O) groups excluding carboxylic acids is 1. The number of H-pyrrole nitrogens is 1. The van der Waals surface area contributed by atoms with Crippen molar-refractivity contribution in [3.05, 3.63) is 61.5 Å². The van der Waals surface area contributed by atoms with Crippen LogP contribution in [-0.2, 0) is 17.6 Å². The molecule has 140 valence electrons. The topological polar surface area (TPSA) is 72.0 Å². The van der Waals surface area contributed by atoms with Crippen LogP contribution in [0, 0.1) is 13.8 Å². The molecule has 0 fully saturated rings. The first-order chi connectivity index (χ1) is 12.9. The van der Waals surface area contributed by atoms with Crippen molar-refractivity contribution in [2.75, 3.05) is 0 Å². The van der Waals surface area contributed by atoms with Gasteiger partial charge in [0.05, 0.1) is 10.9 Å². The first-order valence-corrected chi connectivity index (χ1v) is 10.1. The summed E-state index contributed by atoms with van der Waals surface area (Å²) in [5, 5.41) is 0.620. The Balaban J connectivity index is 1.58. The number of aryl methyl sites for hydroxylation is 4. The van der Waals surface area contributed by atoms with E-state index in [9.17, 15) is 9.59 Å². The minimum absolute atomic E-state index is 0.187. The van der Waals surface area contributed by atoms with Gasteiger partial charge in [-0.25, -0.2) is 9.78 Å². The number of hydrogen-bond acceptors (Lipinski definition) is 5. The van der Waals surface area contributed by atoms with Crippen molar-refractivity contribution in [3.8, 4) is 0 Å². The Morgan fingerprint density at radius 2 is 1.96 bits per heavy atom. The second-order valence-electron chi connectivity index (χ2n) is 7.15. The molecule has 0 aliphatic heterocycles. The van der Waals surface area contributed by atoms with Crippen LogP contribution >= 0.6 is 11.3 Å². The van der Waals surface area contributed by atoms with Gasteiger partial charge in [0.25, 0.3) is 5.56 Å². The van der Waals surface area contributed by atoms with Crippen molar-refractivity contribution >= 4 is 27.5 Å². The largest absolute Gasteiger partial charge is 0.451 e. The lowest BCUT2D eigenvalue weighted by Crippen LogP contribution is -2.17. The predicted octanol–water partition coefficient (Wildman–Crippen LogP) is 4.40. The van der Waals surface area contributed by atoms with Gasteiger partial charge in [0.2, 0.25) is 0 Å². The third kappa shape index (κ3) is 3.30. The molecule has 0 radical (unpaired) electrons. The average molecular weight is 382 g/mol. The van der Waals surface area contributed by atoms with Crippen LogP contribution in [0.5, 0.6) is 0 Å². The van der Waals surface area contributed by atoms with Crippen molar-refractivity contribution in [3.63, 3.8) is 0 Å². The maximum atomic E-state index is 12.6. The number of nitrogens with one attached hydrogen (secondary N) is 1. The molecule has 1 aliphatic carbocycles. The zero-order valence-corrected chi connectivity index (χ0v) is 16.5. The van der Waals surface area contributed by atoms with Crippen molar-refractivity contribution < 1.29 is 9.53 Å². The number of fused-ring (bicyclic) bond motifs is 2. The van der Waals surface area contributed by atoms with Gasteiger partial charge in [-0.3, -0.25) is 4.79 Å². The monoisotopic (exact) mass is 382 g/mol. The summed E-state index contributed by atoms with van der Waals surface area (Å²) in [6, 6.07) is 5.79. The Morgan fingerprint density at radius 1 is 1.22 bits per heavy atom. The van der Waals surface area contributed by atoms with Gasteiger partial charge in [0, 0.05) is 4.88 Å². The van der Waals surface area contributed by atoms with Crippen LogP contribution in [0.1, 0.15) is 63.6 Å². The Morgan fingerprint density at radius 3 is 2.74 bits per heavy atom. The molecule has 0 unspecified atom stereocenters. The summed E-state index contributed by atoms with van der Waals surface area (Å²) in [6.07, 6.45) is 3.82. The average Bonchev–Trinajstić information content (AvgIpc) is 2.95. The van der Waals surface area contributed by atoms with E-state index in [2.05, 4.69) is 9.97 Å². The molecule has 6 heteroatoms. The number of thiophene rings is 1. The van der Waals surface area contributed by atoms with E-state index in [-0.39, 0.29) is 5.56 Å². The van der Waals surface area contributed by atoms with E-state index in [4.69, 9.17) is 4.74 Å². The van der Waals surface area contributed by atoms with Gasteiger partial charge < -0.3 is 9.72 Å². The normalized spacial score (nSPS) is 14.8. The van der Waals surface area contributed by atoms with Gasteiger partial charge in [-0.05, 0) is 75.3 Å². The molecule has 1 aliphatic rings. The minimum atomic E-state index is -0.631. The third-order valence-electron chi connectivity index (χ3n) is 5.31. The zero-order chi connectivity index (χ0) is 19.1. The fourth-order valence-electron chi connectivity index (χ4n) is 3.61. The lowest BCUT2D eigenvalue weighted by atomic mass is 9.90. The van der Waals surface area contributed by atoms with Crippen molar-refractivity contribution in [2.24, 2.45) is 0 Å². The van der Waals surface area contributed by atoms with Crippen LogP contribution in [0.3, 0.4) is 0 Å². The SMILES string of the molecule is Cc1sc2nc([C@@H](C)OC(=O)c3ccc4c(c3)CCCC4)[nH]c(=O)c2c1C. The number of benzene rings is 1. The molecular weight excluding hydrogens is 360 g/mol. The van der Waals surface area contributed by atoms with Crippen LogP contribution in [0.4, 0.5) is 0 Å². The summed E-state index contributed by atoms with van der Waals surface area (Å²) in [4.78, 5) is 34.1. The molecule has 3 aromatic rings. The number of ether oxygens (including phenoxy) is 1. The van der Waals surface area contributed by atoms with E-state index in [1.807, 2.05) is 32.0 Å². The molecular formula is C21H22N2O3S. The van der Waals surface area contributed by atoms with E-state index < -0.39 is 12.1 Å². The summed E-state index contributed by atoms with van der Waals surface area (Å²) in [5.74, 6) is -0.0165. The molecule has 2 aromatic heterocycles. The molecule has 0 amide bonds. The smallest absolute Gasteiger partial charge is 0.338 e. The summed E-state index contributed by atoms with van der Waals surface area (Å²) >= 11 is 1.48. The number of carbonyl (C=O) groups is 1. The maximum absolute atomic E-state index is 12.6. The zero-order valence-electron chi connectivity index (χ0n) is 15.7. The number of hydrogen-bond donors (Lipinski definition) is 1. The van der Waals surface area contributed by atoms with E-state index >= 15 is 0 Å². The quantitative estimate of drug-likeness (QED) is 0.682. The second kappa shape index (κ2) is 6.93. The van der Waals surface area contributed by atoms with Crippen LogP contribution < -0.4 is 5.56 Å². The fraction of sp³-hybridized carbons (Fsp3) is 0.381. The number of nitrogens with zero attached hydrogens (tertiary/aromatic N) is 1. The highest BCUT2D eigenvalue weighted by molar-refractivity contribution is 7.18. The standard InChI is InChI=1S/C21H22N2O3S/c1-11-13(3)27-20-17(11)19(24)22-18(23-20)12(2)26-21(25)16-9-8-14-6-4-5-7-15(14)10-16/h8-10,12H,4-7H2,1-3H3,(H,22,23,24)/t12-/m1/s1. The number of aromatic amines is 1. The molecule has 0 spiro atoms. The van der Waals surface area contributed by atoms with Crippen LogP contribution in [0.25, 0.3) is 10.2 Å². The fourth-order valence-corrected chi connectivity index (χ4v) is 4.65. The maximum Gasteiger partial charge on any atom is 0.338 e. The Hall–Kier alpha value is -2.47. The molecule has 27 heavy (non-hydrogen) atoms. The first-order valence-electron chi connectivity index (χ1n) is 9.26. The van der Waals surface area contributed by atoms with Gasteiger partial charge in [0.1, 0.15) is 4.83 Å². The molecule has 4 rings (SSSR count). The van der Waals surface area contributed by atoms with Gasteiger partial charge in [-0.15, -0.1) is 11.3 Å². The van der Waals surface area contributed by atoms with Crippen molar-refractivity contribution in [1.29, 1.82) is 0 Å². The lowest BCUT2D eigenvalue weighted by molar-refractivity contribution is 0.0320. The van der Waals surface area contributed by atoms with Crippen molar-refractivity contribution in [1.82, 2.24) is 9.97 Å². The summed E-state index contributed by atoms with van der Waals surface area (Å²) < 4.78 is 5.59. The number of aromatic nitrogens is 2. The van der Waals surface area contributed by atoms with Crippen LogP contribution in [0.15, 0.2) is 23.0 Å². The highest BCUT2D eigenvalue weighted by atomic mass is 32.1. The summed E-state index contributed by atoms with van der Waals surface area (Å²) in [7, 11) is 0. The lowest BCUT2D eigenvalue weighted by Gasteiger charge is -2.17. The third-order valence-corrected chi connectivity index (χ3v) is 6.41. The predicted molar refractivity (Wildman–Crippen MR) is 107 cm³/mol. The Labute approximate surface area is 161 Å². The van der Waals surface area contributed by atoms with Crippen LogP contribution in [-0.4, -0.2) is 15.9 Å². The molecule has 1 aromatic carbocycles. The summed E-state index contributed by atoms with van der Waals surface area (Å²) in [5.41, 5.74) is 3.88. The van der Waals surface area contributed by atoms with Crippen molar-refractivity contribution in [2.45, 2.75) is 52.6 Å². The van der Waals surface area contributed by atoms with Gasteiger partial charge >= 0.3 is 5.97 Å². The van der Waals surface area contributed by atoms with Gasteiger partial charge in [0.15, 0.2) is 11.9 Å². The molecule has 5 nitrogen and oxygen atoms in total. The molecule has 1 atom stereocenters. The molecule has 0 bridgehead atoms.